The minimum atomic E-state index is -4.89. The molecular formula is C18H17N5O6S. The number of carbonyl (C=O) groups is 1. The number of nitrogens with one attached hydrogen (secondary N) is 4. The third-order valence-corrected chi connectivity index (χ3v) is 4.79. The van der Waals surface area contributed by atoms with Crippen LogP contribution in [0.3, 0.4) is 0 Å². The van der Waals surface area contributed by atoms with E-state index in [4.69, 9.17) is 0 Å². The predicted octanol–water partition coefficient (Wildman–Crippen LogP) is 1.96. The Morgan fingerprint density at radius 3 is 2.00 bits per heavy atom. The van der Waals surface area contributed by atoms with Gasteiger partial charge in [-0.3, -0.25) is 14.3 Å². The molecule has 0 saturated heterocycles. The van der Waals surface area contributed by atoms with E-state index >= 15 is 0 Å². The number of aromatic amines is 2. The molecule has 0 aliphatic rings. The van der Waals surface area contributed by atoms with Crippen LogP contribution in [0.4, 0.5) is 27.5 Å². The number of anilines is 4. The highest BCUT2D eigenvalue weighted by Gasteiger charge is 2.25. The molecule has 11 nitrogen and oxygen atoms in total. The number of hydrogen-bond donors (Lipinski definition) is 5. The number of rotatable bonds is 5. The summed E-state index contributed by atoms with van der Waals surface area (Å²) in [6, 6.07) is 11.9. The molecule has 0 unspecified atom stereocenters. The summed E-state index contributed by atoms with van der Waals surface area (Å²) in [5.74, 6) is 0. The highest BCUT2D eigenvalue weighted by molar-refractivity contribution is 7.87. The number of urea groups is 1. The number of benzene rings is 2. The maximum atomic E-state index is 12.1. The van der Waals surface area contributed by atoms with Gasteiger partial charge in [-0.2, -0.15) is 8.42 Å². The van der Waals surface area contributed by atoms with Crippen LogP contribution < -0.4 is 26.2 Å². The van der Waals surface area contributed by atoms with Gasteiger partial charge < -0.3 is 15.6 Å². The Bertz CT molecular complexity index is 1280. The van der Waals surface area contributed by atoms with Gasteiger partial charge >= 0.3 is 22.0 Å². The Morgan fingerprint density at radius 1 is 0.967 bits per heavy atom. The van der Waals surface area contributed by atoms with Crippen LogP contribution in [0.5, 0.6) is 0 Å². The summed E-state index contributed by atoms with van der Waals surface area (Å²) >= 11 is 0. The number of H-pyrrole nitrogens is 2. The minimum Gasteiger partial charge on any atom is -0.312 e. The standard InChI is InChI=1S/C18H17N5O6S/c1-11-2-4-12(5-3-11)20-18(26)21-13-6-8-14(9-7-13)23(30(27,28)29)15-10-19-17(25)22-16(15)24/h2-10H,1H3,(H2,20,21,26)(H,27,28,29)(H2,19,22,24,25). The minimum absolute atomic E-state index is 0.0976. The van der Waals surface area contributed by atoms with Crippen LogP contribution in [0.15, 0.2) is 64.3 Å². The molecule has 30 heavy (non-hydrogen) atoms. The Labute approximate surface area is 170 Å². The molecule has 0 aliphatic carbocycles. The third-order valence-electron chi connectivity index (χ3n) is 3.92. The first-order valence-corrected chi connectivity index (χ1v) is 9.88. The third kappa shape index (κ3) is 4.92. The molecule has 0 atom stereocenters. The summed E-state index contributed by atoms with van der Waals surface area (Å²) in [6.45, 7) is 1.92. The lowest BCUT2D eigenvalue weighted by atomic mass is 10.2. The van der Waals surface area contributed by atoms with Crippen molar-refractivity contribution in [2.75, 3.05) is 14.9 Å². The van der Waals surface area contributed by atoms with Crippen molar-refractivity contribution >= 4 is 39.1 Å². The number of carbonyl (C=O) groups excluding carboxylic acids is 1. The van der Waals surface area contributed by atoms with Gasteiger partial charge in [0.25, 0.3) is 5.56 Å². The Hall–Kier alpha value is -3.90. The molecule has 5 N–H and O–H groups in total. The second-order valence-electron chi connectivity index (χ2n) is 6.19. The molecule has 12 heteroatoms. The molecule has 0 saturated carbocycles. The van der Waals surface area contributed by atoms with Crippen molar-refractivity contribution in [2.45, 2.75) is 6.92 Å². The lowest BCUT2D eigenvalue weighted by Gasteiger charge is -2.20. The Balaban J connectivity index is 1.81. The summed E-state index contributed by atoms with van der Waals surface area (Å²) in [7, 11) is -4.89. The smallest absolute Gasteiger partial charge is 0.312 e. The molecule has 156 valence electrons. The zero-order valence-corrected chi connectivity index (χ0v) is 16.4. The average Bonchev–Trinajstić information content (AvgIpc) is 2.66. The topological polar surface area (TPSA) is 164 Å². The Morgan fingerprint density at radius 2 is 1.50 bits per heavy atom. The van der Waals surface area contributed by atoms with Gasteiger partial charge in [0.05, 0.1) is 5.69 Å². The summed E-state index contributed by atoms with van der Waals surface area (Å²) in [6.07, 6.45) is 0.857. The van der Waals surface area contributed by atoms with Gasteiger partial charge in [-0.25, -0.2) is 13.9 Å². The largest absolute Gasteiger partial charge is 0.364 e. The van der Waals surface area contributed by atoms with Gasteiger partial charge in [0.1, 0.15) is 5.69 Å². The van der Waals surface area contributed by atoms with Crippen molar-refractivity contribution in [3.63, 3.8) is 0 Å². The molecule has 0 radical (unpaired) electrons. The van der Waals surface area contributed by atoms with E-state index in [1.807, 2.05) is 24.0 Å². The van der Waals surface area contributed by atoms with E-state index in [-0.39, 0.29) is 5.69 Å². The lowest BCUT2D eigenvalue weighted by molar-refractivity contribution is 0.262. The molecule has 3 rings (SSSR count). The first kappa shape index (κ1) is 20.8. The second-order valence-corrected chi connectivity index (χ2v) is 7.45. The maximum Gasteiger partial charge on any atom is 0.364 e. The van der Waals surface area contributed by atoms with Gasteiger partial charge in [0.2, 0.25) is 0 Å². The lowest BCUT2D eigenvalue weighted by Crippen LogP contribution is -2.33. The molecule has 2 aromatic carbocycles. The molecule has 3 aromatic rings. The van der Waals surface area contributed by atoms with Gasteiger partial charge in [0, 0.05) is 17.6 Å². The van der Waals surface area contributed by atoms with E-state index in [0.29, 0.717) is 15.7 Å². The quantitative estimate of drug-likeness (QED) is 0.387. The van der Waals surface area contributed by atoms with Crippen molar-refractivity contribution < 1.29 is 17.8 Å². The van der Waals surface area contributed by atoms with Gasteiger partial charge in [-0.15, -0.1) is 0 Å². The second kappa shape index (κ2) is 8.23. The summed E-state index contributed by atoms with van der Waals surface area (Å²) in [4.78, 5) is 39.2. The number of nitrogens with zero attached hydrogens (tertiary/aromatic N) is 1. The maximum absolute atomic E-state index is 12.1. The average molecular weight is 431 g/mol. The number of aromatic nitrogens is 2. The fourth-order valence-electron chi connectivity index (χ4n) is 2.56. The molecule has 0 spiro atoms. The van der Waals surface area contributed by atoms with E-state index in [0.717, 1.165) is 11.8 Å². The first-order chi connectivity index (χ1) is 14.1. The van der Waals surface area contributed by atoms with Crippen molar-refractivity contribution in [1.82, 2.24) is 9.97 Å². The van der Waals surface area contributed by atoms with Crippen LogP contribution in [0.1, 0.15) is 5.56 Å². The highest BCUT2D eigenvalue weighted by Crippen LogP contribution is 2.26. The van der Waals surface area contributed by atoms with E-state index in [1.54, 1.807) is 12.1 Å². The highest BCUT2D eigenvalue weighted by atomic mass is 32.2. The van der Waals surface area contributed by atoms with Crippen LogP contribution in [-0.2, 0) is 10.3 Å². The first-order valence-electron chi connectivity index (χ1n) is 8.48. The van der Waals surface area contributed by atoms with E-state index in [9.17, 15) is 27.4 Å². The zero-order chi connectivity index (χ0) is 21.9. The number of amides is 2. The fraction of sp³-hybridized carbons (Fsp3) is 0.0556. The van der Waals surface area contributed by atoms with E-state index in [1.165, 1.54) is 24.3 Å². The number of aryl methyl sites for hydroxylation is 1. The molecule has 0 fully saturated rings. The van der Waals surface area contributed by atoms with E-state index in [2.05, 4.69) is 15.6 Å². The molecule has 0 aliphatic heterocycles. The monoisotopic (exact) mass is 431 g/mol. The molecule has 1 heterocycles. The van der Waals surface area contributed by atoms with Crippen molar-refractivity contribution in [3.05, 3.63) is 81.1 Å². The van der Waals surface area contributed by atoms with Crippen LogP contribution in [0.2, 0.25) is 0 Å². The number of hydrogen-bond acceptors (Lipinski definition) is 5. The Kier molecular flexibility index (Phi) is 5.71. The SMILES string of the molecule is Cc1ccc(NC(=O)Nc2ccc(N(c3c[nH]c(=O)[nH]c3=O)S(=O)(=O)O)cc2)cc1. The van der Waals surface area contributed by atoms with Gasteiger partial charge in [-0.05, 0) is 43.3 Å². The van der Waals surface area contributed by atoms with Crippen molar-refractivity contribution in [1.29, 1.82) is 0 Å². The van der Waals surface area contributed by atoms with Crippen LogP contribution in [0.25, 0.3) is 0 Å². The zero-order valence-electron chi connectivity index (χ0n) is 15.5. The van der Waals surface area contributed by atoms with E-state index < -0.39 is 33.3 Å². The molecule has 0 bridgehead atoms. The summed E-state index contributed by atoms with van der Waals surface area (Å²) in [5, 5.41) is 5.21. The molecule has 2 amide bonds. The van der Waals surface area contributed by atoms with Crippen LogP contribution in [0, 0.1) is 6.92 Å². The van der Waals surface area contributed by atoms with Crippen LogP contribution >= 0.6 is 0 Å². The van der Waals surface area contributed by atoms with Crippen molar-refractivity contribution in [3.8, 4) is 0 Å². The normalized spacial score (nSPS) is 11.0. The van der Waals surface area contributed by atoms with Gasteiger partial charge in [0.15, 0.2) is 0 Å². The molecule has 1 aromatic heterocycles. The summed E-state index contributed by atoms with van der Waals surface area (Å²) < 4.78 is 33.5. The predicted molar refractivity (Wildman–Crippen MR) is 112 cm³/mol. The van der Waals surface area contributed by atoms with Gasteiger partial charge in [-0.1, -0.05) is 17.7 Å². The fourth-order valence-corrected chi connectivity index (χ4v) is 3.33. The molecular weight excluding hydrogens is 414 g/mol. The van der Waals surface area contributed by atoms with Crippen molar-refractivity contribution in [2.24, 2.45) is 0 Å². The van der Waals surface area contributed by atoms with Crippen LogP contribution in [-0.4, -0.2) is 29.0 Å². The summed E-state index contributed by atoms with van der Waals surface area (Å²) in [5.41, 5.74) is -0.511.